The van der Waals surface area contributed by atoms with E-state index in [1.54, 1.807) is 18.9 Å². The summed E-state index contributed by atoms with van der Waals surface area (Å²) in [5.74, 6) is 0.409. The summed E-state index contributed by atoms with van der Waals surface area (Å²) >= 11 is 8.14. The molecule has 4 nitrogen and oxygen atoms in total. The predicted molar refractivity (Wildman–Crippen MR) is 143 cm³/mol. The zero-order valence-corrected chi connectivity index (χ0v) is 22.9. The van der Waals surface area contributed by atoms with Crippen LogP contribution in [0.4, 0.5) is 0 Å². The number of alkyl halides is 1. The molecule has 2 aromatic carbocycles. The minimum Gasteiger partial charge on any atom is -0.453 e. The average molecular weight is 525 g/mol. The van der Waals surface area contributed by atoms with Gasteiger partial charge in [-0.1, -0.05) is 51.1 Å². The van der Waals surface area contributed by atoms with Crippen molar-refractivity contribution in [3.05, 3.63) is 75.9 Å². The third-order valence-corrected chi connectivity index (χ3v) is 9.70. The third-order valence-electron chi connectivity index (χ3n) is 8.29. The van der Waals surface area contributed by atoms with Crippen molar-refractivity contribution in [2.75, 3.05) is 18.7 Å². The summed E-state index contributed by atoms with van der Waals surface area (Å²) in [7, 11) is 1.68. The Morgan fingerprint density at radius 1 is 1.11 bits per heavy atom. The van der Waals surface area contributed by atoms with Gasteiger partial charge in [0.25, 0.3) is 0 Å². The van der Waals surface area contributed by atoms with Crippen LogP contribution in [-0.2, 0) is 42.9 Å². The second kappa shape index (κ2) is 8.90. The number of epoxide rings is 1. The number of rotatable bonds is 6. The summed E-state index contributed by atoms with van der Waals surface area (Å²) in [6.07, 6.45) is 2.60. The lowest BCUT2D eigenvalue weighted by atomic mass is 9.71. The minimum atomic E-state index is -0.677. The first-order chi connectivity index (χ1) is 17.3. The van der Waals surface area contributed by atoms with Crippen LogP contribution in [-0.4, -0.2) is 43.0 Å². The van der Waals surface area contributed by atoms with Crippen molar-refractivity contribution in [2.45, 2.75) is 74.3 Å². The number of hydrogen-bond donors (Lipinski definition) is 0. The lowest BCUT2D eigenvalue weighted by Crippen LogP contribution is -2.42. The van der Waals surface area contributed by atoms with Crippen LogP contribution >= 0.6 is 23.4 Å². The van der Waals surface area contributed by atoms with Gasteiger partial charge in [0.15, 0.2) is 0 Å². The quantitative estimate of drug-likeness (QED) is 0.202. The first-order valence-corrected chi connectivity index (χ1v) is 14.4. The zero-order valence-electron chi connectivity index (χ0n) is 21.3. The number of carbonyl (C=O) groups excluding carboxylic acids is 1. The van der Waals surface area contributed by atoms with Gasteiger partial charge in [0.05, 0.1) is 11.7 Å². The standard InChI is InChI=1S/C30H33ClO4S/c1-29(2,3)19-10-12-21(13-11-19)36-16-23-25-24(28(32)34-23)22(15-31)26(33-4)27-30(25,35-27)20-9-8-17-6-5-7-18(17)14-20/h8-14,22-23,26-27H,5-7,15-16H2,1-4H3/t22-,23+,26-,27-,30+/m1/s1. The summed E-state index contributed by atoms with van der Waals surface area (Å²) in [4.78, 5) is 14.4. The van der Waals surface area contributed by atoms with E-state index in [1.807, 2.05) is 0 Å². The van der Waals surface area contributed by atoms with Gasteiger partial charge in [-0.05, 0) is 59.1 Å². The lowest BCUT2D eigenvalue weighted by molar-refractivity contribution is -0.139. The first-order valence-electron chi connectivity index (χ1n) is 12.9. The van der Waals surface area contributed by atoms with E-state index in [2.05, 4.69) is 63.2 Å². The van der Waals surface area contributed by atoms with Crippen LogP contribution in [0.5, 0.6) is 0 Å². The smallest absolute Gasteiger partial charge is 0.335 e. The molecular weight excluding hydrogens is 492 g/mol. The molecule has 2 aromatic rings. The Morgan fingerprint density at radius 2 is 1.86 bits per heavy atom. The molecule has 5 atom stereocenters. The fraction of sp³-hybridized carbons (Fsp3) is 0.500. The SMILES string of the molecule is CO[C@@H]1[C@H](CCl)C2=C([C@H](CSc3ccc(C(C)(C)C)cc3)OC2=O)[C@]2(c3ccc4c(c3)CCC4)O[C@H]12. The summed E-state index contributed by atoms with van der Waals surface area (Å²) in [5, 5.41) is 0. The van der Waals surface area contributed by atoms with Crippen LogP contribution in [0.15, 0.2) is 58.5 Å². The monoisotopic (exact) mass is 524 g/mol. The van der Waals surface area contributed by atoms with Gasteiger partial charge in [0, 0.05) is 35.1 Å². The second-order valence-corrected chi connectivity index (χ2v) is 12.8. The number of fused-ring (bicyclic) bond motifs is 3. The first kappa shape index (κ1) is 24.5. The van der Waals surface area contributed by atoms with Crippen LogP contribution < -0.4 is 0 Å². The highest BCUT2D eigenvalue weighted by atomic mass is 35.5. The van der Waals surface area contributed by atoms with Gasteiger partial charge >= 0.3 is 5.97 Å². The maximum absolute atomic E-state index is 13.3. The van der Waals surface area contributed by atoms with Crippen LogP contribution in [0.2, 0.25) is 0 Å². The molecule has 0 aromatic heterocycles. The molecule has 190 valence electrons. The van der Waals surface area contributed by atoms with Crippen molar-refractivity contribution >= 4 is 29.3 Å². The van der Waals surface area contributed by atoms with Gasteiger partial charge in [-0.2, -0.15) is 0 Å². The summed E-state index contributed by atoms with van der Waals surface area (Å²) in [6, 6.07) is 15.4. The fourth-order valence-corrected chi connectivity index (χ4v) is 7.60. The fourth-order valence-electron chi connectivity index (χ4n) is 6.37. The Bertz CT molecular complexity index is 1230. The Balaban J connectivity index is 1.35. The zero-order chi connectivity index (χ0) is 25.2. The molecule has 2 aliphatic heterocycles. The number of ether oxygens (including phenoxy) is 3. The molecule has 6 rings (SSSR count). The minimum absolute atomic E-state index is 0.112. The molecular formula is C30H33ClO4S. The predicted octanol–water partition coefficient (Wildman–Crippen LogP) is 5.96. The van der Waals surface area contributed by atoms with E-state index < -0.39 is 5.60 Å². The number of thioether (sulfide) groups is 1. The third kappa shape index (κ3) is 3.77. The molecule has 2 aliphatic carbocycles. The maximum Gasteiger partial charge on any atom is 0.335 e. The van der Waals surface area contributed by atoms with E-state index in [0.717, 1.165) is 28.9 Å². The van der Waals surface area contributed by atoms with E-state index in [1.165, 1.54) is 23.1 Å². The topological polar surface area (TPSA) is 48.1 Å². The van der Waals surface area contributed by atoms with Gasteiger partial charge in [-0.3, -0.25) is 0 Å². The Morgan fingerprint density at radius 3 is 2.56 bits per heavy atom. The maximum atomic E-state index is 13.3. The molecule has 1 fully saturated rings. The Kier molecular flexibility index (Phi) is 6.07. The molecule has 0 amide bonds. The second-order valence-electron chi connectivity index (χ2n) is 11.4. The van der Waals surface area contributed by atoms with Gasteiger partial charge in [-0.15, -0.1) is 23.4 Å². The molecule has 0 radical (unpaired) electrons. The molecule has 6 heteroatoms. The number of aryl methyl sites for hydroxylation is 2. The van der Waals surface area contributed by atoms with Gasteiger partial charge in [0.2, 0.25) is 0 Å². The highest BCUT2D eigenvalue weighted by Crippen LogP contribution is 2.63. The van der Waals surface area contributed by atoms with E-state index in [9.17, 15) is 4.79 Å². The molecule has 0 unspecified atom stereocenters. The van der Waals surface area contributed by atoms with Crippen LogP contribution in [0.1, 0.15) is 49.4 Å². The lowest BCUT2D eigenvalue weighted by Gasteiger charge is -2.32. The van der Waals surface area contributed by atoms with Crippen LogP contribution in [0.3, 0.4) is 0 Å². The number of carbonyl (C=O) groups is 1. The molecule has 4 aliphatic rings. The van der Waals surface area contributed by atoms with Gasteiger partial charge in [0.1, 0.15) is 17.8 Å². The Hall–Kier alpha value is -1.79. The van der Waals surface area contributed by atoms with Crippen molar-refractivity contribution in [2.24, 2.45) is 5.92 Å². The number of methoxy groups -OCH3 is 1. The molecule has 0 bridgehead atoms. The highest BCUT2D eigenvalue weighted by Gasteiger charge is 2.72. The van der Waals surface area contributed by atoms with E-state index in [4.69, 9.17) is 25.8 Å². The Labute approximate surface area is 222 Å². The van der Waals surface area contributed by atoms with Gasteiger partial charge < -0.3 is 14.2 Å². The number of esters is 1. The number of halogens is 1. The molecule has 1 saturated heterocycles. The van der Waals surface area contributed by atoms with E-state index in [0.29, 0.717) is 17.2 Å². The molecule has 36 heavy (non-hydrogen) atoms. The number of hydrogen-bond acceptors (Lipinski definition) is 5. The van der Waals surface area contributed by atoms with Crippen LogP contribution in [0, 0.1) is 5.92 Å². The van der Waals surface area contributed by atoms with Crippen molar-refractivity contribution in [3.8, 4) is 0 Å². The van der Waals surface area contributed by atoms with Crippen molar-refractivity contribution in [1.29, 1.82) is 0 Å². The number of cyclic esters (lactones) is 1. The summed E-state index contributed by atoms with van der Waals surface area (Å²) < 4.78 is 18.5. The molecule has 2 heterocycles. The van der Waals surface area contributed by atoms with Crippen molar-refractivity contribution in [3.63, 3.8) is 0 Å². The highest BCUT2D eigenvalue weighted by molar-refractivity contribution is 7.99. The largest absolute Gasteiger partial charge is 0.453 e. The van der Waals surface area contributed by atoms with Crippen molar-refractivity contribution < 1.29 is 19.0 Å². The molecule has 0 spiro atoms. The molecule has 0 saturated carbocycles. The van der Waals surface area contributed by atoms with Crippen LogP contribution in [0.25, 0.3) is 0 Å². The normalized spacial score (nSPS) is 30.6. The van der Waals surface area contributed by atoms with E-state index >= 15 is 0 Å². The van der Waals surface area contributed by atoms with Crippen molar-refractivity contribution in [1.82, 2.24) is 0 Å². The summed E-state index contributed by atoms with van der Waals surface area (Å²) in [6.45, 7) is 6.65. The summed E-state index contributed by atoms with van der Waals surface area (Å²) in [5.41, 5.74) is 6.29. The van der Waals surface area contributed by atoms with Gasteiger partial charge in [-0.25, -0.2) is 4.79 Å². The average Bonchev–Trinajstić information content (AvgIpc) is 3.27. The number of benzene rings is 2. The van der Waals surface area contributed by atoms with E-state index in [-0.39, 0.29) is 35.6 Å². The molecule has 0 N–H and O–H groups in total.